The Balaban J connectivity index is 1.49. The van der Waals surface area contributed by atoms with Gasteiger partial charge in [-0.25, -0.2) is 4.90 Å². The molecular weight excluding hydrogens is 374 g/mol. The van der Waals surface area contributed by atoms with Crippen molar-refractivity contribution >= 4 is 29.1 Å². The Morgan fingerprint density at radius 2 is 1.83 bits per heavy atom. The molecule has 2 aliphatic rings. The number of aryl methyl sites for hydroxylation is 1. The van der Waals surface area contributed by atoms with Crippen LogP contribution in [0.1, 0.15) is 5.56 Å². The Labute approximate surface area is 166 Å². The van der Waals surface area contributed by atoms with Gasteiger partial charge in [0.15, 0.2) is 12.1 Å². The van der Waals surface area contributed by atoms with Crippen LogP contribution < -0.4 is 15.0 Å². The van der Waals surface area contributed by atoms with Gasteiger partial charge in [0.05, 0.1) is 18.5 Å². The molecule has 29 heavy (non-hydrogen) atoms. The third-order valence-electron chi connectivity index (χ3n) is 4.84. The van der Waals surface area contributed by atoms with Gasteiger partial charge in [-0.1, -0.05) is 35.1 Å². The maximum Gasteiger partial charge on any atom is 0.263 e. The minimum Gasteiger partial charge on any atom is -0.495 e. The van der Waals surface area contributed by atoms with Crippen LogP contribution in [0.4, 0.5) is 11.4 Å². The van der Waals surface area contributed by atoms with E-state index < -0.39 is 29.8 Å². The topological polar surface area (TPSA) is 104 Å². The summed E-state index contributed by atoms with van der Waals surface area (Å²) in [5.74, 6) is -0.776. The lowest BCUT2D eigenvalue weighted by Gasteiger charge is -2.20. The predicted octanol–water partition coefficient (Wildman–Crippen LogP) is 1.94. The number of benzene rings is 2. The average Bonchev–Trinajstić information content (AvgIpc) is 3.23. The van der Waals surface area contributed by atoms with Crippen LogP contribution in [0.3, 0.4) is 0 Å². The molecule has 148 valence electrons. The minimum absolute atomic E-state index is 0.219. The zero-order valence-electron chi connectivity index (χ0n) is 15.9. The molecule has 1 fully saturated rings. The monoisotopic (exact) mass is 393 g/mol. The van der Waals surface area contributed by atoms with E-state index in [1.807, 2.05) is 19.1 Å². The van der Waals surface area contributed by atoms with Crippen molar-refractivity contribution in [2.75, 3.05) is 23.9 Å². The van der Waals surface area contributed by atoms with E-state index in [4.69, 9.17) is 4.74 Å². The summed E-state index contributed by atoms with van der Waals surface area (Å²) in [6.07, 6.45) is 0. The van der Waals surface area contributed by atoms with E-state index in [-0.39, 0.29) is 6.54 Å². The Morgan fingerprint density at radius 3 is 2.55 bits per heavy atom. The van der Waals surface area contributed by atoms with Gasteiger partial charge in [0.1, 0.15) is 12.3 Å². The third kappa shape index (κ3) is 3.31. The maximum atomic E-state index is 12.9. The first kappa shape index (κ1) is 18.6. The van der Waals surface area contributed by atoms with E-state index in [1.54, 1.807) is 36.4 Å². The van der Waals surface area contributed by atoms with Crippen LogP contribution in [0.5, 0.6) is 5.75 Å². The molecule has 2 atom stereocenters. The van der Waals surface area contributed by atoms with Gasteiger partial charge in [-0.05, 0) is 31.2 Å². The molecule has 0 saturated carbocycles. The molecule has 9 nitrogen and oxygen atoms in total. The first-order valence-electron chi connectivity index (χ1n) is 9.04. The third-order valence-corrected chi connectivity index (χ3v) is 4.84. The predicted molar refractivity (Wildman–Crippen MR) is 104 cm³/mol. The number of hydrogen-bond donors (Lipinski definition) is 1. The first-order valence-corrected chi connectivity index (χ1v) is 9.04. The van der Waals surface area contributed by atoms with Gasteiger partial charge >= 0.3 is 0 Å². The fourth-order valence-corrected chi connectivity index (χ4v) is 3.39. The first-order chi connectivity index (χ1) is 14.0. The van der Waals surface area contributed by atoms with Crippen molar-refractivity contribution in [3.63, 3.8) is 0 Å². The van der Waals surface area contributed by atoms with Gasteiger partial charge in [-0.2, -0.15) is 5.11 Å². The van der Waals surface area contributed by atoms with Crippen molar-refractivity contribution in [1.82, 2.24) is 5.01 Å². The summed E-state index contributed by atoms with van der Waals surface area (Å²) in [7, 11) is 1.51. The molecule has 9 heteroatoms. The summed E-state index contributed by atoms with van der Waals surface area (Å²) in [6.45, 7) is 1.70. The van der Waals surface area contributed by atoms with Crippen molar-refractivity contribution < 1.29 is 19.1 Å². The summed E-state index contributed by atoms with van der Waals surface area (Å²) < 4.78 is 5.21. The molecule has 1 N–H and O–H groups in total. The van der Waals surface area contributed by atoms with Gasteiger partial charge in [0, 0.05) is 0 Å². The number of hydrogen-bond acceptors (Lipinski definition) is 7. The number of imide groups is 1. The van der Waals surface area contributed by atoms with Crippen molar-refractivity contribution in [3.8, 4) is 5.75 Å². The van der Waals surface area contributed by atoms with Crippen molar-refractivity contribution in [1.29, 1.82) is 0 Å². The van der Waals surface area contributed by atoms with Gasteiger partial charge in [-0.3, -0.25) is 19.4 Å². The quantitative estimate of drug-likeness (QED) is 0.782. The molecule has 2 aromatic rings. The van der Waals surface area contributed by atoms with Crippen molar-refractivity contribution in [2.45, 2.75) is 19.0 Å². The van der Waals surface area contributed by atoms with Crippen LogP contribution in [0, 0.1) is 6.92 Å². The number of ether oxygens (including phenoxy) is 1. The van der Waals surface area contributed by atoms with Gasteiger partial charge < -0.3 is 10.1 Å². The summed E-state index contributed by atoms with van der Waals surface area (Å²) in [4.78, 5) is 39.2. The largest absolute Gasteiger partial charge is 0.495 e. The number of nitrogens with zero attached hydrogens (tertiary/aromatic N) is 4. The zero-order chi connectivity index (χ0) is 20.5. The van der Waals surface area contributed by atoms with E-state index in [1.165, 1.54) is 12.1 Å². The number of carbonyl (C=O) groups is 3. The Morgan fingerprint density at radius 1 is 1.10 bits per heavy atom. The molecule has 0 bridgehead atoms. The van der Waals surface area contributed by atoms with E-state index in [9.17, 15) is 14.4 Å². The van der Waals surface area contributed by atoms with Crippen LogP contribution >= 0.6 is 0 Å². The molecule has 0 spiro atoms. The molecule has 2 aliphatic heterocycles. The fourth-order valence-electron chi connectivity index (χ4n) is 3.39. The standard InChI is InChI=1S/C20H19N5O4/c1-12-7-9-13(10-8-12)25-19(27)17-18(20(25)28)24(23-22-17)11-16(26)21-14-5-3-4-6-15(14)29-2/h3-10,17-18H,11H2,1-2H3,(H,21,26). The second-order valence-electron chi connectivity index (χ2n) is 6.79. The average molecular weight is 393 g/mol. The molecule has 2 aromatic carbocycles. The van der Waals surface area contributed by atoms with Crippen molar-refractivity contribution in [2.24, 2.45) is 10.3 Å². The zero-order valence-corrected chi connectivity index (χ0v) is 15.9. The van der Waals surface area contributed by atoms with Crippen LogP contribution in [0.25, 0.3) is 0 Å². The lowest BCUT2D eigenvalue weighted by molar-refractivity contribution is -0.123. The molecule has 2 unspecified atom stereocenters. The highest BCUT2D eigenvalue weighted by molar-refractivity contribution is 6.25. The highest BCUT2D eigenvalue weighted by Gasteiger charge is 2.55. The van der Waals surface area contributed by atoms with Crippen LogP contribution in [-0.4, -0.2) is 48.5 Å². The number of anilines is 2. The number of fused-ring (bicyclic) bond motifs is 1. The number of carbonyl (C=O) groups excluding carboxylic acids is 3. The molecule has 0 radical (unpaired) electrons. The molecule has 3 amide bonds. The molecular formula is C20H19N5O4. The van der Waals surface area contributed by atoms with Gasteiger partial charge in [0.25, 0.3) is 11.8 Å². The smallest absolute Gasteiger partial charge is 0.263 e. The van der Waals surface area contributed by atoms with E-state index in [0.29, 0.717) is 17.1 Å². The Bertz CT molecular complexity index is 1000. The summed E-state index contributed by atoms with van der Waals surface area (Å²) >= 11 is 0. The summed E-state index contributed by atoms with van der Waals surface area (Å²) in [5.41, 5.74) is 2.00. The van der Waals surface area contributed by atoms with Crippen molar-refractivity contribution in [3.05, 3.63) is 54.1 Å². The number of nitrogens with one attached hydrogen (secondary N) is 1. The normalized spacial score (nSPS) is 20.2. The number of methoxy groups -OCH3 is 1. The van der Waals surface area contributed by atoms with E-state index in [2.05, 4.69) is 15.7 Å². The molecule has 0 aromatic heterocycles. The second-order valence-corrected chi connectivity index (χ2v) is 6.79. The Hall–Kier alpha value is -3.75. The fraction of sp³-hybridized carbons (Fsp3) is 0.250. The van der Waals surface area contributed by atoms with Gasteiger partial charge in [-0.15, -0.1) is 0 Å². The van der Waals surface area contributed by atoms with Crippen LogP contribution in [0.2, 0.25) is 0 Å². The van der Waals surface area contributed by atoms with Crippen LogP contribution in [-0.2, 0) is 14.4 Å². The van der Waals surface area contributed by atoms with E-state index in [0.717, 1.165) is 10.5 Å². The SMILES string of the molecule is COc1ccccc1NC(=O)CN1N=NC2C(=O)N(c3ccc(C)cc3)C(=O)C21. The molecule has 4 rings (SSSR count). The Kier molecular flexibility index (Phi) is 4.71. The number of amides is 3. The number of rotatable bonds is 5. The summed E-state index contributed by atoms with van der Waals surface area (Å²) in [5, 5.41) is 11.8. The van der Waals surface area contributed by atoms with Gasteiger partial charge in [0.2, 0.25) is 5.91 Å². The summed E-state index contributed by atoms with van der Waals surface area (Å²) in [6, 6.07) is 12.2. The van der Waals surface area contributed by atoms with E-state index >= 15 is 0 Å². The maximum absolute atomic E-state index is 12.9. The highest BCUT2D eigenvalue weighted by atomic mass is 16.5. The number of para-hydroxylation sites is 2. The lowest BCUT2D eigenvalue weighted by atomic mass is 10.1. The molecule has 0 aliphatic carbocycles. The lowest BCUT2D eigenvalue weighted by Crippen LogP contribution is -2.43. The molecule has 2 heterocycles. The minimum atomic E-state index is -0.942. The highest BCUT2D eigenvalue weighted by Crippen LogP contribution is 2.32. The molecule has 1 saturated heterocycles. The second kappa shape index (κ2) is 7.34. The van der Waals surface area contributed by atoms with Crippen LogP contribution in [0.15, 0.2) is 58.9 Å².